The van der Waals surface area contributed by atoms with Crippen molar-refractivity contribution in [3.05, 3.63) is 71.9 Å². The van der Waals surface area contributed by atoms with Crippen LogP contribution >= 0.6 is 0 Å². The van der Waals surface area contributed by atoms with Crippen LogP contribution in [0.25, 0.3) is 0 Å². The standard InChI is InChI=1S/C17H13F3N4O2/c18-17(19,20)13-7-4-8-14(9-13)21-16(25)22-15-11-24(23-26-15)10-12-5-2-1-3-6-12/h1-9,11H,10H2,(H-,21,22,23,25)/p+1. The molecule has 0 aliphatic carbocycles. The van der Waals surface area contributed by atoms with Gasteiger partial charge < -0.3 is 5.32 Å². The predicted molar refractivity (Wildman–Crippen MR) is 86.3 cm³/mol. The Hall–Kier alpha value is -3.36. The summed E-state index contributed by atoms with van der Waals surface area (Å²) in [6.45, 7) is 0.446. The second-order valence-electron chi connectivity index (χ2n) is 5.41. The van der Waals surface area contributed by atoms with E-state index in [1.54, 1.807) is 0 Å². The van der Waals surface area contributed by atoms with Gasteiger partial charge in [-0.3, -0.25) is 9.84 Å². The van der Waals surface area contributed by atoms with Crippen molar-refractivity contribution in [1.82, 2.24) is 5.27 Å². The van der Waals surface area contributed by atoms with Gasteiger partial charge in [-0.25, -0.2) is 4.79 Å². The van der Waals surface area contributed by atoms with Crippen LogP contribution in [-0.4, -0.2) is 11.3 Å². The van der Waals surface area contributed by atoms with E-state index in [4.69, 9.17) is 4.52 Å². The minimum absolute atomic E-state index is 0.00834. The molecule has 0 saturated heterocycles. The Morgan fingerprint density at radius 1 is 1.08 bits per heavy atom. The zero-order valence-electron chi connectivity index (χ0n) is 13.3. The Morgan fingerprint density at radius 2 is 1.85 bits per heavy atom. The van der Waals surface area contributed by atoms with Crippen molar-refractivity contribution < 1.29 is 27.2 Å². The van der Waals surface area contributed by atoms with Crippen LogP contribution in [0.5, 0.6) is 0 Å². The fourth-order valence-corrected chi connectivity index (χ4v) is 2.23. The number of aromatic nitrogens is 2. The molecule has 0 fully saturated rings. The first kappa shape index (κ1) is 17.5. The fourth-order valence-electron chi connectivity index (χ4n) is 2.23. The minimum atomic E-state index is -4.48. The van der Waals surface area contributed by atoms with E-state index >= 15 is 0 Å². The van der Waals surface area contributed by atoms with Gasteiger partial charge in [0.05, 0.1) is 5.56 Å². The molecule has 26 heavy (non-hydrogen) atoms. The molecule has 0 aliphatic rings. The van der Waals surface area contributed by atoms with Crippen molar-refractivity contribution in [3.8, 4) is 0 Å². The first-order valence-electron chi connectivity index (χ1n) is 7.56. The molecule has 9 heteroatoms. The molecule has 0 bridgehead atoms. The van der Waals surface area contributed by atoms with Crippen LogP contribution in [0.15, 0.2) is 65.3 Å². The molecule has 0 aliphatic heterocycles. The molecule has 1 heterocycles. The van der Waals surface area contributed by atoms with Crippen molar-refractivity contribution in [3.63, 3.8) is 0 Å². The number of anilines is 2. The average Bonchev–Trinajstić information content (AvgIpc) is 3.02. The molecule has 3 aromatic rings. The maximum atomic E-state index is 12.7. The van der Waals surface area contributed by atoms with E-state index in [1.807, 2.05) is 30.3 Å². The molecular weight excluding hydrogens is 349 g/mol. The topological polar surface area (TPSA) is 71.0 Å². The highest BCUT2D eigenvalue weighted by molar-refractivity contribution is 5.98. The Labute approximate surface area is 146 Å². The van der Waals surface area contributed by atoms with Crippen LogP contribution in [-0.2, 0) is 12.7 Å². The van der Waals surface area contributed by atoms with E-state index in [9.17, 15) is 18.0 Å². The number of hydrogen-bond donors (Lipinski definition) is 2. The van der Waals surface area contributed by atoms with Crippen LogP contribution in [0.4, 0.5) is 29.5 Å². The molecule has 2 aromatic carbocycles. The van der Waals surface area contributed by atoms with Gasteiger partial charge in [0.15, 0.2) is 0 Å². The monoisotopic (exact) mass is 363 g/mol. The molecule has 1 aromatic heterocycles. The number of carbonyl (C=O) groups excluding carboxylic acids is 1. The van der Waals surface area contributed by atoms with Crippen molar-refractivity contribution in [2.24, 2.45) is 0 Å². The van der Waals surface area contributed by atoms with Gasteiger partial charge in [0.1, 0.15) is 0 Å². The molecule has 0 radical (unpaired) electrons. The molecule has 0 unspecified atom stereocenters. The van der Waals surface area contributed by atoms with E-state index in [1.165, 1.54) is 23.0 Å². The first-order valence-corrected chi connectivity index (χ1v) is 7.56. The lowest BCUT2D eigenvalue weighted by Crippen LogP contribution is -2.35. The zero-order chi connectivity index (χ0) is 18.6. The summed E-state index contributed by atoms with van der Waals surface area (Å²) in [6.07, 6.45) is -3.01. The number of nitrogens with zero attached hydrogens (tertiary/aromatic N) is 2. The molecule has 134 valence electrons. The summed E-state index contributed by atoms with van der Waals surface area (Å²) in [6, 6.07) is 13.1. The van der Waals surface area contributed by atoms with E-state index in [0.29, 0.717) is 6.54 Å². The quantitative estimate of drug-likeness (QED) is 0.695. The van der Waals surface area contributed by atoms with Crippen molar-refractivity contribution >= 4 is 17.6 Å². The van der Waals surface area contributed by atoms with Crippen LogP contribution in [0.1, 0.15) is 11.1 Å². The molecule has 3 rings (SSSR count). The molecule has 0 atom stereocenters. The van der Waals surface area contributed by atoms with Gasteiger partial charge in [-0.05, 0) is 22.9 Å². The second kappa shape index (κ2) is 7.26. The largest absolute Gasteiger partial charge is 0.416 e. The van der Waals surface area contributed by atoms with Crippen molar-refractivity contribution in [1.29, 1.82) is 0 Å². The summed E-state index contributed by atoms with van der Waals surface area (Å²) in [4.78, 5) is 11.9. The summed E-state index contributed by atoms with van der Waals surface area (Å²) < 4.78 is 44.5. The number of carbonyl (C=O) groups is 1. The highest BCUT2D eigenvalue weighted by Crippen LogP contribution is 2.30. The lowest BCUT2D eigenvalue weighted by atomic mass is 10.2. The number of rotatable bonds is 4. The number of benzene rings is 2. The SMILES string of the molecule is O=C(Nc1cccc(C(F)(F)F)c1)Nc1c[n+](Cc2ccccc2)no1. The number of urea groups is 1. The van der Waals surface area contributed by atoms with Gasteiger partial charge in [-0.2, -0.15) is 13.2 Å². The van der Waals surface area contributed by atoms with E-state index in [0.717, 1.165) is 17.7 Å². The fraction of sp³-hybridized carbons (Fsp3) is 0.118. The molecule has 2 N–H and O–H groups in total. The average molecular weight is 363 g/mol. The third kappa shape index (κ3) is 4.59. The number of nitrogens with one attached hydrogen (secondary N) is 2. The Kier molecular flexibility index (Phi) is 4.87. The van der Waals surface area contributed by atoms with E-state index < -0.39 is 17.8 Å². The first-order chi connectivity index (χ1) is 12.4. The third-order valence-corrected chi connectivity index (χ3v) is 3.38. The second-order valence-corrected chi connectivity index (χ2v) is 5.41. The van der Waals surface area contributed by atoms with Gasteiger partial charge >= 0.3 is 18.1 Å². The van der Waals surface area contributed by atoms with Gasteiger partial charge in [-0.15, -0.1) is 0 Å². The van der Waals surface area contributed by atoms with Crippen LogP contribution < -0.4 is 15.3 Å². The smallest absolute Gasteiger partial charge is 0.308 e. The lowest BCUT2D eigenvalue weighted by Gasteiger charge is -2.09. The van der Waals surface area contributed by atoms with Gasteiger partial charge in [0, 0.05) is 11.3 Å². The number of hydrogen-bond acceptors (Lipinski definition) is 3. The summed E-state index contributed by atoms with van der Waals surface area (Å²) in [7, 11) is 0. The summed E-state index contributed by atoms with van der Waals surface area (Å²) in [5.41, 5.74) is 0.149. The highest BCUT2D eigenvalue weighted by Gasteiger charge is 2.30. The minimum Gasteiger partial charge on any atom is -0.308 e. The zero-order valence-corrected chi connectivity index (χ0v) is 13.3. The molecule has 6 nitrogen and oxygen atoms in total. The lowest BCUT2D eigenvalue weighted by molar-refractivity contribution is -0.754. The predicted octanol–water partition coefficient (Wildman–Crippen LogP) is 3.67. The number of alkyl halides is 3. The van der Waals surface area contributed by atoms with Crippen LogP contribution in [0.2, 0.25) is 0 Å². The molecule has 0 spiro atoms. The molecule has 0 saturated carbocycles. The van der Waals surface area contributed by atoms with E-state index in [-0.39, 0.29) is 11.6 Å². The van der Waals surface area contributed by atoms with Crippen molar-refractivity contribution in [2.45, 2.75) is 12.7 Å². The number of halogens is 3. The van der Waals surface area contributed by atoms with E-state index in [2.05, 4.69) is 15.9 Å². The Balaban J connectivity index is 1.60. The normalized spacial score (nSPS) is 11.2. The Morgan fingerprint density at radius 3 is 2.58 bits per heavy atom. The Bertz CT molecular complexity index is 894. The third-order valence-electron chi connectivity index (χ3n) is 3.38. The van der Waals surface area contributed by atoms with Crippen LogP contribution in [0.3, 0.4) is 0 Å². The number of amides is 2. The maximum Gasteiger partial charge on any atom is 0.416 e. The summed E-state index contributed by atoms with van der Waals surface area (Å²) in [5.74, 6) is 0.0606. The summed E-state index contributed by atoms with van der Waals surface area (Å²) in [5, 5.41) is 8.46. The van der Waals surface area contributed by atoms with Gasteiger partial charge in [0.2, 0.25) is 11.8 Å². The summed E-state index contributed by atoms with van der Waals surface area (Å²) >= 11 is 0. The maximum absolute atomic E-state index is 12.7. The van der Waals surface area contributed by atoms with Gasteiger partial charge in [-0.1, -0.05) is 36.4 Å². The van der Waals surface area contributed by atoms with Gasteiger partial charge in [0.25, 0.3) is 6.20 Å². The highest BCUT2D eigenvalue weighted by atomic mass is 19.4. The molecule has 2 amide bonds. The molecular formula is C17H14F3N4O2+. The van der Waals surface area contributed by atoms with Crippen LogP contribution in [0, 0.1) is 0 Å². The van der Waals surface area contributed by atoms with Crippen molar-refractivity contribution in [2.75, 3.05) is 10.6 Å².